The molecule has 6 nitrogen and oxygen atoms in total. The topological polar surface area (TPSA) is 104 Å². The zero-order valence-electron chi connectivity index (χ0n) is 12.4. The van der Waals surface area contributed by atoms with Gasteiger partial charge in [0.05, 0.1) is 11.9 Å². The van der Waals surface area contributed by atoms with Gasteiger partial charge in [0.25, 0.3) is 0 Å². The minimum absolute atomic E-state index is 0.115. The summed E-state index contributed by atoms with van der Waals surface area (Å²) in [6.07, 6.45) is 13.2. The van der Waals surface area contributed by atoms with E-state index in [1.54, 1.807) is 6.20 Å². The highest BCUT2D eigenvalue weighted by molar-refractivity contribution is 5.82. The predicted molar refractivity (Wildman–Crippen MR) is 86.4 cm³/mol. The average Bonchev–Trinajstić information content (AvgIpc) is 2.46. The molecule has 0 saturated carbocycles. The predicted octanol–water partition coefficient (Wildman–Crippen LogP) is 2.96. The summed E-state index contributed by atoms with van der Waals surface area (Å²) in [5, 5.41) is 0. The van der Waals surface area contributed by atoms with Gasteiger partial charge in [-0.1, -0.05) is 38.7 Å². The number of rotatable bonds is 7. The van der Waals surface area contributed by atoms with Crippen molar-refractivity contribution in [2.45, 2.75) is 45.4 Å². The van der Waals surface area contributed by atoms with Gasteiger partial charge in [-0.2, -0.15) is 9.97 Å². The van der Waals surface area contributed by atoms with Gasteiger partial charge in [0.2, 0.25) is 5.95 Å². The van der Waals surface area contributed by atoms with Crippen LogP contribution < -0.4 is 11.5 Å². The largest absolute Gasteiger partial charge is 0.382 e. The third-order valence-electron chi connectivity index (χ3n) is 3.23. The molecule has 2 aromatic rings. The molecule has 0 aliphatic heterocycles. The van der Waals surface area contributed by atoms with Gasteiger partial charge < -0.3 is 11.5 Å². The lowest BCUT2D eigenvalue weighted by atomic mass is 10.1. The van der Waals surface area contributed by atoms with Crippen molar-refractivity contribution in [3.8, 4) is 0 Å². The van der Waals surface area contributed by atoms with Crippen molar-refractivity contribution in [3.63, 3.8) is 0 Å². The fraction of sp³-hybridized carbons (Fsp3) is 0.467. The third-order valence-corrected chi connectivity index (χ3v) is 3.23. The molecule has 0 radical (unpaired) electrons. The summed E-state index contributed by atoms with van der Waals surface area (Å²) in [6, 6.07) is 0. The molecule has 0 aliphatic carbocycles. The standard InChI is InChI=1S/C15H22N6/c1-2-3-4-5-6-7-8-9-11-10-18-14-12(19-11)13(16)20-15(17)21-14/h8-10H,2-7H2,1H3,(H4,16,17,18,20,21). The van der Waals surface area contributed by atoms with Crippen molar-refractivity contribution in [1.29, 1.82) is 0 Å². The number of unbranched alkanes of at least 4 members (excludes halogenated alkanes) is 5. The van der Waals surface area contributed by atoms with Crippen LogP contribution in [0.25, 0.3) is 17.2 Å². The Bertz CT molecular complexity index is 623. The van der Waals surface area contributed by atoms with Gasteiger partial charge in [-0.3, -0.25) is 0 Å². The minimum Gasteiger partial charge on any atom is -0.382 e. The van der Waals surface area contributed by atoms with Crippen molar-refractivity contribution in [3.05, 3.63) is 18.0 Å². The lowest BCUT2D eigenvalue weighted by Crippen LogP contribution is -2.03. The van der Waals surface area contributed by atoms with E-state index in [1.807, 2.05) is 6.08 Å². The van der Waals surface area contributed by atoms with Crippen LogP contribution in [0.2, 0.25) is 0 Å². The van der Waals surface area contributed by atoms with E-state index in [4.69, 9.17) is 11.5 Å². The molecule has 0 aromatic carbocycles. The average molecular weight is 286 g/mol. The van der Waals surface area contributed by atoms with Crippen molar-refractivity contribution < 1.29 is 0 Å². The smallest absolute Gasteiger partial charge is 0.224 e. The Hall–Kier alpha value is -2.24. The number of anilines is 2. The van der Waals surface area contributed by atoms with Crippen LogP contribution in [-0.2, 0) is 0 Å². The van der Waals surface area contributed by atoms with Gasteiger partial charge in [0.15, 0.2) is 17.0 Å². The number of nitrogen functional groups attached to an aromatic ring is 2. The number of nitrogens with zero attached hydrogens (tertiary/aromatic N) is 4. The summed E-state index contributed by atoms with van der Waals surface area (Å²) in [5.74, 6) is 0.379. The van der Waals surface area contributed by atoms with E-state index in [2.05, 4.69) is 32.9 Å². The summed E-state index contributed by atoms with van der Waals surface area (Å²) >= 11 is 0. The van der Waals surface area contributed by atoms with Gasteiger partial charge >= 0.3 is 0 Å². The molecule has 0 aliphatic rings. The quantitative estimate of drug-likeness (QED) is 0.758. The molecule has 2 aromatic heterocycles. The molecule has 21 heavy (non-hydrogen) atoms. The van der Waals surface area contributed by atoms with Crippen LogP contribution in [0.5, 0.6) is 0 Å². The number of fused-ring (bicyclic) bond motifs is 1. The molecule has 4 N–H and O–H groups in total. The molecule has 6 heteroatoms. The lowest BCUT2D eigenvalue weighted by molar-refractivity contribution is 0.638. The summed E-state index contributed by atoms with van der Waals surface area (Å²) in [7, 11) is 0. The first kappa shape index (κ1) is 15.2. The van der Waals surface area contributed by atoms with Crippen LogP contribution >= 0.6 is 0 Å². The highest BCUT2D eigenvalue weighted by Gasteiger charge is 2.06. The zero-order valence-corrected chi connectivity index (χ0v) is 12.4. The normalized spacial score (nSPS) is 11.5. The van der Waals surface area contributed by atoms with Crippen LogP contribution in [-0.4, -0.2) is 19.9 Å². The van der Waals surface area contributed by atoms with Crippen LogP contribution in [0.15, 0.2) is 12.3 Å². The van der Waals surface area contributed by atoms with E-state index >= 15 is 0 Å². The van der Waals surface area contributed by atoms with Crippen molar-refractivity contribution >= 4 is 29.0 Å². The third kappa shape index (κ3) is 4.37. The summed E-state index contributed by atoms with van der Waals surface area (Å²) in [5.41, 5.74) is 13.0. The second-order valence-corrected chi connectivity index (χ2v) is 5.04. The highest BCUT2D eigenvalue weighted by atomic mass is 15.1. The maximum Gasteiger partial charge on any atom is 0.224 e. The molecule has 0 atom stereocenters. The highest BCUT2D eigenvalue weighted by Crippen LogP contribution is 2.15. The van der Waals surface area contributed by atoms with Crippen molar-refractivity contribution in [2.24, 2.45) is 0 Å². The summed E-state index contributed by atoms with van der Waals surface area (Å²) in [6.45, 7) is 2.22. The van der Waals surface area contributed by atoms with Crippen molar-refractivity contribution in [1.82, 2.24) is 19.9 Å². The second kappa shape index (κ2) is 7.52. The van der Waals surface area contributed by atoms with E-state index < -0.39 is 0 Å². The molecular formula is C15H22N6. The molecule has 0 bridgehead atoms. The summed E-state index contributed by atoms with van der Waals surface area (Å²) < 4.78 is 0. The maximum absolute atomic E-state index is 5.79. The van der Waals surface area contributed by atoms with E-state index in [-0.39, 0.29) is 11.8 Å². The molecule has 2 heterocycles. The Morgan fingerprint density at radius 2 is 1.86 bits per heavy atom. The first-order valence-corrected chi connectivity index (χ1v) is 7.43. The molecule has 0 fully saturated rings. The van der Waals surface area contributed by atoms with Gasteiger partial charge in [-0.25, -0.2) is 9.97 Å². The van der Waals surface area contributed by atoms with E-state index in [1.165, 1.54) is 32.1 Å². The van der Waals surface area contributed by atoms with Gasteiger partial charge in [0, 0.05) is 0 Å². The Kier molecular flexibility index (Phi) is 5.43. The van der Waals surface area contributed by atoms with Crippen LogP contribution in [0.4, 0.5) is 11.8 Å². The van der Waals surface area contributed by atoms with Crippen LogP contribution in [0.1, 0.15) is 51.1 Å². The molecule has 0 unspecified atom stereocenters. The molecule has 0 saturated heterocycles. The van der Waals surface area contributed by atoms with Crippen molar-refractivity contribution in [2.75, 3.05) is 11.5 Å². The first-order chi connectivity index (χ1) is 10.2. The van der Waals surface area contributed by atoms with E-state index in [0.717, 1.165) is 12.1 Å². The lowest BCUT2D eigenvalue weighted by Gasteiger charge is -2.01. The fourth-order valence-electron chi connectivity index (χ4n) is 2.11. The SMILES string of the molecule is CCCCCCCC=Cc1cnc2nc(N)nc(N)c2n1. The fourth-order valence-corrected chi connectivity index (χ4v) is 2.11. The Morgan fingerprint density at radius 3 is 2.67 bits per heavy atom. The molecular weight excluding hydrogens is 264 g/mol. The van der Waals surface area contributed by atoms with Gasteiger partial charge in [0.1, 0.15) is 0 Å². The number of hydrogen-bond donors (Lipinski definition) is 2. The van der Waals surface area contributed by atoms with Crippen LogP contribution in [0, 0.1) is 0 Å². The first-order valence-electron chi connectivity index (χ1n) is 7.43. The molecule has 0 spiro atoms. The number of nitrogens with two attached hydrogens (primary N) is 2. The second-order valence-electron chi connectivity index (χ2n) is 5.04. The van der Waals surface area contributed by atoms with Crippen LogP contribution in [0.3, 0.4) is 0 Å². The van der Waals surface area contributed by atoms with E-state index in [0.29, 0.717) is 11.2 Å². The number of allylic oxidation sites excluding steroid dienone is 1. The van der Waals surface area contributed by atoms with Gasteiger partial charge in [-0.05, 0) is 18.9 Å². The zero-order chi connectivity index (χ0) is 15.1. The number of aromatic nitrogens is 4. The number of hydrogen-bond acceptors (Lipinski definition) is 6. The van der Waals surface area contributed by atoms with E-state index in [9.17, 15) is 0 Å². The minimum atomic E-state index is 0.115. The maximum atomic E-state index is 5.79. The Balaban J connectivity index is 1.96. The Morgan fingerprint density at radius 1 is 1.05 bits per heavy atom. The van der Waals surface area contributed by atoms with Gasteiger partial charge in [-0.15, -0.1) is 0 Å². The Labute approximate surface area is 124 Å². The summed E-state index contributed by atoms with van der Waals surface area (Å²) in [4.78, 5) is 16.5. The monoisotopic (exact) mass is 286 g/mol. The molecule has 0 amide bonds. The molecule has 112 valence electrons. The molecule has 2 rings (SSSR count).